The third-order valence-electron chi connectivity index (χ3n) is 4.56. The lowest BCUT2D eigenvalue weighted by Gasteiger charge is -2.31. The maximum Gasteiger partial charge on any atom is 0.225 e. The Balaban J connectivity index is 0.00000312. The minimum Gasteiger partial charge on any atom is -0.383 e. The van der Waals surface area contributed by atoms with Gasteiger partial charge in [0.15, 0.2) is 5.13 Å². The Labute approximate surface area is 173 Å². The second kappa shape index (κ2) is 13.7. The standard InChI is InChI=1S/C17H30N4O2S.2ClH/c1-14(22)21(10-11-23-3)17-19-16(13-24-17)12-20-8-5-15(6-9-20)4-7-18-2;;/h13,15,18H,4-12H2,1-3H3;2*1H. The highest BCUT2D eigenvalue weighted by Gasteiger charge is 2.20. The molecule has 1 N–H and O–H groups in total. The fourth-order valence-electron chi connectivity index (χ4n) is 3.07. The number of likely N-dealkylation sites (tertiary alicyclic amines) is 1. The van der Waals surface area contributed by atoms with Crippen LogP contribution >= 0.6 is 36.2 Å². The van der Waals surface area contributed by atoms with E-state index in [1.165, 1.54) is 19.3 Å². The molecule has 1 amide bonds. The maximum absolute atomic E-state index is 11.8. The number of thiazole rings is 1. The summed E-state index contributed by atoms with van der Waals surface area (Å²) < 4.78 is 5.08. The molecule has 2 heterocycles. The van der Waals surface area contributed by atoms with Crippen LogP contribution in [0.5, 0.6) is 0 Å². The third-order valence-corrected chi connectivity index (χ3v) is 5.48. The summed E-state index contributed by atoms with van der Waals surface area (Å²) in [6, 6.07) is 0. The van der Waals surface area contributed by atoms with Crippen LogP contribution in [0, 0.1) is 5.92 Å². The molecule has 6 nitrogen and oxygen atoms in total. The van der Waals surface area contributed by atoms with Gasteiger partial charge in [0.25, 0.3) is 0 Å². The average Bonchev–Trinajstić information content (AvgIpc) is 3.02. The van der Waals surface area contributed by atoms with Gasteiger partial charge >= 0.3 is 0 Å². The Morgan fingerprint density at radius 2 is 2.12 bits per heavy atom. The molecular formula is C17H32Cl2N4O2S. The summed E-state index contributed by atoms with van der Waals surface area (Å²) in [6.45, 7) is 6.92. The number of nitrogens with one attached hydrogen (secondary N) is 1. The molecule has 26 heavy (non-hydrogen) atoms. The van der Waals surface area contributed by atoms with E-state index in [0.29, 0.717) is 13.2 Å². The molecule has 0 saturated carbocycles. The van der Waals surface area contributed by atoms with E-state index >= 15 is 0 Å². The van der Waals surface area contributed by atoms with Crippen LogP contribution in [-0.2, 0) is 16.1 Å². The highest BCUT2D eigenvalue weighted by atomic mass is 35.5. The predicted octanol–water partition coefficient (Wildman–Crippen LogP) is 2.81. The van der Waals surface area contributed by atoms with Gasteiger partial charge in [-0.2, -0.15) is 0 Å². The number of anilines is 1. The van der Waals surface area contributed by atoms with Crippen molar-refractivity contribution in [3.8, 4) is 0 Å². The van der Waals surface area contributed by atoms with Crippen LogP contribution in [0.3, 0.4) is 0 Å². The van der Waals surface area contributed by atoms with E-state index in [0.717, 1.165) is 42.9 Å². The van der Waals surface area contributed by atoms with E-state index in [2.05, 4.69) is 20.6 Å². The Hall–Kier alpha value is -0.440. The average molecular weight is 427 g/mol. The molecule has 1 aliphatic heterocycles. The molecule has 1 aromatic rings. The molecule has 2 rings (SSSR count). The number of rotatable bonds is 9. The smallest absolute Gasteiger partial charge is 0.225 e. The number of aromatic nitrogens is 1. The quantitative estimate of drug-likeness (QED) is 0.657. The largest absolute Gasteiger partial charge is 0.383 e. The third kappa shape index (κ3) is 8.06. The van der Waals surface area contributed by atoms with Crippen molar-refractivity contribution in [3.63, 3.8) is 0 Å². The molecule has 0 bridgehead atoms. The van der Waals surface area contributed by atoms with E-state index in [1.807, 2.05) is 7.05 Å². The highest BCUT2D eigenvalue weighted by molar-refractivity contribution is 7.14. The van der Waals surface area contributed by atoms with Gasteiger partial charge in [0, 0.05) is 26.0 Å². The van der Waals surface area contributed by atoms with Crippen molar-refractivity contribution in [1.29, 1.82) is 0 Å². The number of halogens is 2. The van der Waals surface area contributed by atoms with Crippen molar-refractivity contribution in [3.05, 3.63) is 11.1 Å². The molecule has 9 heteroatoms. The number of piperidine rings is 1. The van der Waals surface area contributed by atoms with Gasteiger partial charge in [-0.3, -0.25) is 14.6 Å². The van der Waals surface area contributed by atoms with Gasteiger partial charge in [-0.25, -0.2) is 4.98 Å². The van der Waals surface area contributed by atoms with Crippen LogP contribution in [0.2, 0.25) is 0 Å². The Bertz CT molecular complexity index is 511. The van der Waals surface area contributed by atoms with E-state index in [1.54, 1.807) is 30.3 Å². The summed E-state index contributed by atoms with van der Waals surface area (Å²) in [6.07, 6.45) is 3.82. The number of carbonyl (C=O) groups excluding carboxylic acids is 1. The second-order valence-electron chi connectivity index (χ2n) is 6.40. The molecule has 152 valence electrons. The number of nitrogens with zero attached hydrogens (tertiary/aromatic N) is 3. The number of methoxy groups -OCH3 is 1. The molecule has 0 spiro atoms. The van der Waals surface area contributed by atoms with Crippen LogP contribution in [0.4, 0.5) is 5.13 Å². The molecule has 1 aromatic heterocycles. The van der Waals surface area contributed by atoms with Crippen LogP contribution in [0.1, 0.15) is 31.9 Å². The first-order chi connectivity index (χ1) is 11.6. The molecule has 1 fully saturated rings. The van der Waals surface area contributed by atoms with Gasteiger partial charge in [-0.05, 0) is 51.9 Å². The molecule has 0 aliphatic carbocycles. The zero-order valence-corrected chi connectivity index (χ0v) is 18.4. The van der Waals surface area contributed by atoms with Crippen molar-refractivity contribution >= 4 is 47.2 Å². The van der Waals surface area contributed by atoms with E-state index in [-0.39, 0.29) is 30.7 Å². The van der Waals surface area contributed by atoms with Crippen LogP contribution < -0.4 is 10.2 Å². The van der Waals surface area contributed by atoms with Crippen molar-refractivity contribution < 1.29 is 9.53 Å². The first kappa shape index (κ1) is 25.6. The molecule has 1 aliphatic rings. The molecule has 0 atom stereocenters. The molecule has 0 unspecified atom stereocenters. The lowest BCUT2D eigenvalue weighted by Crippen LogP contribution is -2.34. The SMILES string of the molecule is CNCCC1CCN(Cc2csc(N(CCOC)C(C)=O)n2)CC1.Cl.Cl. The van der Waals surface area contributed by atoms with Crippen molar-refractivity contribution in [2.75, 3.05) is 51.8 Å². The second-order valence-corrected chi connectivity index (χ2v) is 7.23. The van der Waals surface area contributed by atoms with Gasteiger partial charge < -0.3 is 10.1 Å². The number of amides is 1. The van der Waals surface area contributed by atoms with Gasteiger partial charge in [-0.15, -0.1) is 36.2 Å². The van der Waals surface area contributed by atoms with E-state index in [4.69, 9.17) is 4.74 Å². The fourth-order valence-corrected chi connectivity index (χ4v) is 3.96. The predicted molar refractivity (Wildman–Crippen MR) is 113 cm³/mol. The van der Waals surface area contributed by atoms with Gasteiger partial charge in [0.2, 0.25) is 5.91 Å². The maximum atomic E-state index is 11.8. The molecular weight excluding hydrogens is 395 g/mol. The highest BCUT2D eigenvalue weighted by Crippen LogP contribution is 2.24. The zero-order chi connectivity index (χ0) is 17.4. The molecule has 1 saturated heterocycles. The van der Waals surface area contributed by atoms with Crippen LogP contribution in [0.15, 0.2) is 5.38 Å². The normalized spacial score (nSPS) is 15.2. The summed E-state index contributed by atoms with van der Waals surface area (Å²) in [5.41, 5.74) is 1.06. The van der Waals surface area contributed by atoms with Gasteiger partial charge in [-0.1, -0.05) is 0 Å². The fraction of sp³-hybridized carbons (Fsp3) is 0.765. The first-order valence-electron chi connectivity index (χ1n) is 8.72. The minimum absolute atomic E-state index is 0. The minimum atomic E-state index is 0. The molecule has 0 radical (unpaired) electrons. The number of hydrogen-bond donors (Lipinski definition) is 1. The summed E-state index contributed by atoms with van der Waals surface area (Å²) in [5, 5.41) is 6.09. The number of ether oxygens (including phenoxy) is 1. The topological polar surface area (TPSA) is 57.7 Å². The lowest BCUT2D eigenvalue weighted by atomic mass is 9.93. The van der Waals surface area contributed by atoms with Gasteiger partial charge in [0.1, 0.15) is 0 Å². The van der Waals surface area contributed by atoms with Crippen molar-refractivity contribution in [2.45, 2.75) is 32.7 Å². The Morgan fingerprint density at radius 3 is 2.69 bits per heavy atom. The van der Waals surface area contributed by atoms with E-state index in [9.17, 15) is 4.79 Å². The van der Waals surface area contributed by atoms with Crippen LogP contribution in [0.25, 0.3) is 0 Å². The monoisotopic (exact) mass is 426 g/mol. The van der Waals surface area contributed by atoms with Crippen molar-refractivity contribution in [1.82, 2.24) is 15.2 Å². The van der Waals surface area contributed by atoms with E-state index < -0.39 is 0 Å². The molecule has 0 aromatic carbocycles. The Morgan fingerprint density at radius 1 is 1.42 bits per heavy atom. The van der Waals surface area contributed by atoms with Crippen molar-refractivity contribution in [2.24, 2.45) is 5.92 Å². The summed E-state index contributed by atoms with van der Waals surface area (Å²) >= 11 is 1.54. The summed E-state index contributed by atoms with van der Waals surface area (Å²) in [7, 11) is 3.66. The van der Waals surface area contributed by atoms with Crippen LogP contribution in [-0.4, -0.2) is 62.7 Å². The van der Waals surface area contributed by atoms with Gasteiger partial charge in [0.05, 0.1) is 18.8 Å². The lowest BCUT2D eigenvalue weighted by molar-refractivity contribution is -0.116. The summed E-state index contributed by atoms with van der Waals surface area (Å²) in [4.78, 5) is 20.6. The summed E-state index contributed by atoms with van der Waals surface area (Å²) in [5.74, 6) is 0.861. The first-order valence-corrected chi connectivity index (χ1v) is 9.60. The number of hydrogen-bond acceptors (Lipinski definition) is 6. The zero-order valence-electron chi connectivity index (χ0n) is 15.9. The number of carbonyl (C=O) groups is 1. The Kier molecular flexibility index (Phi) is 13.5.